The molecule has 1 aliphatic heterocycles. The van der Waals surface area contributed by atoms with Crippen LogP contribution in [-0.2, 0) is 0 Å². The molecule has 0 aliphatic carbocycles. The molecule has 2 N–H and O–H groups in total. The van der Waals surface area contributed by atoms with Crippen molar-refractivity contribution in [2.45, 2.75) is 6.92 Å². The third-order valence-electron chi connectivity index (χ3n) is 4.33. The van der Waals surface area contributed by atoms with Crippen molar-refractivity contribution in [2.75, 3.05) is 17.4 Å². The van der Waals surface area contributed by atoms with E-state index in [2.05, 4.69) is 10.6 Å². The molecule has 4 rings (SSSR count). The van der Waals surface area contributed by atoms with Crippen molar-refractivity contribution >= 4 is 23.2 Å². The predicted octanol–water partition coefficient (Wildman–Crippen LogP) is 4.23. The average Bonchev–Trinajstić information content (AvgIpc) is 3.17. The van der Waals surface area contributed by atoms with E-state index >= 15 is 0 Å². The highest BCUT2D eigenvalue weighted by atomic mass is 16.7. The lowest BCUT2D eigenvalue weighted by atomic mass is 10.1. The van der Waals surface area contributed by atoms with Crippen LogP contribution in [0.4, 0.5) is 11.4 Å². The van der Waals surface area contributed by atoms with E-state index in [1.54, 1.807) is 42.5 Å². The summed E-state index contributed by atoms with van der Waals surface area (Å²) < 4.78 is 10.6. The van der Waals surface area contributed by atoms with Crippen LogP contribution >= 0.6 is 0 Å². The summed E-state index contributed by atoms with van der Waals surface area (Å²) in [5.41, 5.74) is 3.18. The lowest BCUT2D eigenvalue weighted by Crippen LogP contribution is -2.15. The van der Waals surface area contributed by atoms with Crippen molar-refractivity contribution in [3.05, 3.63) is 83.4 Å². The number of ether oxygens (including phenoxy) is 2. The van der Waals surface area contributed by atoms with E-state index in [-0.39, 0.29) is 18.6 Å². The van der Waals surface area contributed by atoms with Crippen LogP contribution in [0.2, 0.25) is 0 Å². The third kappa shape index (κ3) is 3.81. The Labute approximate surface area is 162 Å². The van der Waals surface area contributed by atoms with Gasteiger partial charge in [0.05, 0.1) is 0 Å². The van der Waals surface area contributed by atoms with Gasteiger partial charge >= 0.3 is 0 Å². The van der Waals surface area contributed by atoms with E-state index in [4.69, 9.17) is 9.47 Å². The van der Waals surface area contributed by atoms with Gasteiger partial charge in [0, 0.05) is 28.6 Å². The van der Waals surface area contributed by atoms with Gasteiger partial charge in [-0.15, -0.1) is 0 Å². The Bertz CT molecular complexity index is 1040. The number of nitrogens with one attached hydrogen (secondary N) is 2. The third-order valence-corrected chi connectivity index (χ3v) is 4.33. The molecule has 0 saturated carbocycles. The van der Waals surface area contributed by atoms with Crippen LogP contribution in [-0.4, -0.2) is 18.6 Å². The maximum atomic E-state index is 12.6. The van der Waals surface area contributed by atoms with Crippen LogP contribution in [0.1, 0.15) is 26.3 Å². The number of aryl methyl sites for hydroxylation is 1. The predicted molar refractivity (Wildman–Crippen MR) is 106 cm³/mol. The van der Waals surface area contributed by atoms with Gasteiger partial charge in [0.25, 0.3) is 11.8 Å². The monoisotopic (exact) mass is 374 g/mol. The molecule has 0 atom stereocenters. The summed E-state index contributed by atoms with van der Waals surface area (Å²) in [6.45, 7) is 2.15. The lowest BCUT2D eigenvalue weighted by Gasteiger charge is -2.09. The standard InChI is InChI=1S/C22H18N2O4/c1-14-5-7-17(8-6-14)23-21(25)15-3-2-4-16(11-15)22(26)24-18-9-10-19-20(12-18)28-13-27-19/h2-12H,13H2,1H3,(H,23,25)(H,24,26). The average molecular weight is 374 g/mol. The fourth-order valence-corrected chi connectivity index (χ4v) is 2.82. The van der Waals surface area contributed by atoms with Gasteiger partial charge in [-0.1, -0.05) is 23.8 Å². The lowest BCUT2D eigenvalue weighted by molar-refractivity contribution is 0.102. The first kappa shape index (κ1) is 17.6. The number of hydrogen-bond donors (Lipinski definition) is 2. The molecule has 0 spiro atoms. The van der Waals surface area contributed by atoms with Gasteiger partial charge in [0.1, 0.15) is 0 Å². The summed E-state index contributed by atoms with van der Waals surface area (Å²) >= 11 is 0. The normalized spacial score (nSPS) is 11.8. The van der Waals surface area contributed by atoms with Crippen molar-refractivity contribution in [3.8, 4) is 11.5 Å². The van der Waals surface area contributed by atoms with E-state index in [1.165, 1.54) is 0 Å². The summed E-state index contributed by atoms with van der Waals surface area (Å²) in [4.78, 5) is 25.1. The minimum Gasteiger partial charge on any atom is -0.454 e. The maximum Gasteiger partial charge on any atom is 0.255 e. The molecular weight excluding hydrogens is 356 g/mol. The first-order valence-electron chi connectivity index (χ1n) is 8.77. The highest BCUT2D eigenvalue weighted by molar-refractivity contribution is 6.08. The zero-order chi connectivity index (χ0) is 19.5. The molecule has 1 aliphatic rings. The number of carbonyl (C=O) groups is 2. The van der Waals surface area contributed by atoms with E-state index < -0.39 is 0 Å². The molecule has 6 nitrogen and oxygen atoms in total. The Morgan fingerprint density at radius 1 is 0.750 bits per heavy atom. The van der Waals surface area contributed by atoms with Gasteiger partial charge in [0.2, 0.25) is 6.79 Å². The largest absolute Gasteiger partial charge is 0.454 e. The molecule has 6 heteroatoms. The number of hydrogen-bond acceptors (Lipinski definition) is 4. The number of fused-ring (bicyclic) bond motifs is 1. The zero-order valence-electron chi connectivity index (χ0n) is 15.2. The summed E-state index contributed by atoms with van der Waals surface area (Å²) in [7, 11) is 0. The van der Waals surface area contributed by atoms with Crippen LogP contribution in [0.3, 0.4) is 0 Å². The van der Waals surface area contributed by atoms with Gasteiger partial charge < -0.3 is 20.1 Å². The molecule has 0 unspecified atom stereocenters. The van der Waals surface area contributed by atoms with Crippen molar-refractivity contribution < 1.29 is 19.1 Å². The van der Waals surface area contributed by atoms with Crippen LogP contribution in [0, 0.1) is 6.92 Å². The summed E-state index contributed by atoms with van der Waals surface area (Å²) in [5, 5.41) is 5.63. The first-order valence-corrected chi connectivity index (χ1v) is 8.77. The van der Waals surface area contributed by atoms with Crippen molar-refractivity contribution in [1.29, 1.82) is 0 Å². The molecule has 3 aromatic rings. The second-order valence-electron chi connectivity index (χ2n) is 6.42. The van der Waals surface area contributed by atoms with Crippen molar-refractivity contribution in [1.82, 2.24) is 0 Å². The van der Waals surface area contributed by atoms with Gasteiger partial charge in [-0.05, 0) is 49.4 Å². The fourth-order valence-electron chi connectivity index (χ4n) is 2.82. The Kier molecular flexibility index (Phi) is 4.68. The van der Waals surface area contributed by atoms with Crippen molar-refractivity contribution in [2.24, 2.45) is 0 Å². The van der Waals surface area contributed by atoms with E-state index in [9.17, 15) is 9.59 Å². The van der Waals surface area contributed by atoms with E-state index in [0.29, 0.717) is 34.0 Å². The van der Waals surface area contributed by atoms with Gasteiger partial charge in [-0.25, -0.2) is 0 Å². The van der Waals surface area contributed by atoms with Crippen LogP contribution in [0.15, 0.2) is 66.7 Å². The number of rotatable bonds is 4. The minimum absolute atomic E-state index is 0.172. The number of carbonyl (C=O) groups excluding carboxylic acids is 2. The summed E-state index contributed by atoms with van der Waals surface area (Å²) in [5.74, 6) is 0.641. The number of benzene rings is 3. The zero-order valence-corrected chi connectivity index (χ0v) is 15.2. The molecule has 0 radical (unpaired) electrons. The van der Waals surface area contributed by atoms with E-state index in [0.717, 1.165) is 5.56 Å². The number of amides is 2. The molecular formula is C22H18N2O4. The Morgan fingerprint density at radius 2 is 1.36 bits per heavy atom. The quantitative estimate of drug-likeness (QED) is 0.717. The maximum absolute atomic E-state index is 12.6. The molecule has 0 saturated heterocycles. The van der Waals surface area contributed by atoms with Crippen LogP contribution in [0.5, 0.6) is 11.5 Å². The van der Waals surface area contributed by atoms with E-state index in [1.807, 2.05) is 31.2 Å². The highest BCUT2D eigenvalue weighted by Gasteiger charge is 2.15. The molecule has 28 heavy (non-hydrogen) atoms. The topological polar surface area (TPSA) is 76.7 Å². The highest BCUT2D eigenvalue weighted by Crippen LogP contribution is 2.34. The minimum atomic E-state index is -0.316. The van der Waals surface area contributed by atoms with Gasteiger partial charge in [-0.2, -0.15) is 0 Å². The van der Waals surface area contributed by atoms with Crippen molar-refractivity contribution in [3.63, 3.8) is 0 Å². The molecule has 1 heterocycles. The molecule has 140 valence electrons. The molecule has 2 amide bonds. The second kappa shape index (κ2) is 7.44. The molecule has 0 bridgehead atoms. The summed E-state index contributed by atoms with van der Waals surface area (Å²) in [6.07, 6.45) is 0. The molecule has 0 aromatic heterocycles. The van der Waals surface area contributed by atoms with Gasteiger partial charge in [0.15, 0.2) is 11.5 Å². The Hall–Kier alpha value is -3.80. The first-order chi connectivity index (χ1) is 13.6. The van der Waals surface area contributed by atoms with Gasteiger partial charge in [-0.3, -0.25) is 9.59 Å². The SMILES string of the molecule is Cc1ccc(NC(=O)c2cccc(C(=O)Nc3ccc4c(c3)OCO4)c2)cc1. The van der Waals surface area contributed by atoms with Crippen LogP contribution < -0.4 is 20.1 Å². The molecule has 0 fully saturated rings. The fraction of sp³-hybridized carbons (Fsp3) is 0.0909. The Morgan fingerprint density at radius 3 is 2.07 bits per heavy atom. The van der Waals surface area contributed by atoms with Crippen LogP contribution in [0.25, 0.3) is 0 Å². The second-order valence-corrected chi connectivity index (χ2v) is 6.42. The molecule has 3 aromatic carbocycles. The Balaban J connectivity index is 1.47. The summed E-state index contributed by atoms with van der Waals surface area (Å²) in [6, 6.07) is 19.3. The smallest absolute Gasteiger partial charge is 0.255 e. The number of anilines is 2.